The second-order valence-corrected chi connectivity index (χ2v) is 4.55. The van der Waals surface area contributed by atoms with Crippen molar-refractivity contribution in [3.63, 3.8) is 0 Å². The quantitative estimate of drug-likeness (QED) is 0.800. The lowest BCUT2D eigenvalue weighted by molar-refractivity contribution is 0.410. The number of hydrogen-bond acceptors (Lipinski definition) is 3. The van der Waals surface area contributed by atoms with Gasteiger partial charge in [-0.15, -0.1) is 11.8 Å². The first-order chi connectivity index (χ1) is 7.13. The molecule has 0 saturated carbocycles. The van der Waals surface area contributed by atoms with Crippen molar-refractivity contribution in [3.05, 3.63) is 23.3 Å². The van der Waals surface area contributed by atoms with Crippen LogP contribution in [-0.4, -0.2) is 19.9 Å². The molecule has 0 aliphatic carbocycles. The molecule has 0 aliphatic heterocycles. The Morgan fingerprint density at radius 3 is 2.60 bits per heavy atom. The molecular formula is C12H19NOS. The van der Waals surface area contributed by atoms with E-state index in [1.54, 1.807) is 18.9 Å². The minimum atomic E-state index is 0.377. The molecule has 0 aliphatic rings. The number of aryl methyl sites for hydroxylation is 1. The Hall–Kier alpha value is -0.670. The highest BCUT2D eigenvalue weighted by atomic mass is 32.2. The maximum Gasteiger partial charge on any atom is 0.122 e. The number of nitrogens with two attached hydrogens (primary N) is 1. The van der Waals surface area contributed by atoms with Crippen LogP contribution < -0.4 is 10.5 Å². The lowest BCUT2D eigenvalue weighted by Gasteiger charge is -2.16. The van der Waals surface area contributed by atoms with Crippen molar-refractivity contribution in [3.8, 4) is 5.75 Å². The van der Waals surface area contributed by atoms with Gasteiger partial charge in [-0.1, -0.05) is 6.92 Å². The van der Waals surface area contributed by atoms with E-state index in [1.807, 2.05) is 0 Å². The summed E-state index contributed by atoms with van der Waals surface area (Å²) in [6.45, 7) is 4.87. The van der Waals surface area contributed by atoms with Crippen LogP contribution in [0.4, 0.5) is 0 Å². The fourth-order valence-corrected chi connectivity index (χ4v) is 2.38. The predicted molar refractivity (Wildman–Crippen MR) is 67.0 cm³/mol. The third kappa shape index (κ3) is 2.67. The van der Waals surface area contributed by atoms with E-state index in [-0.39, 0.29) is 0 Å². The molecule has 0 spiro atoms. The summed E-state index contributed by atoms with van der Waals surface area (Å²) in [7, 11) is 1.71. The van der Waals surface area contributed by atoms with Gasteiger partial charge in [0.25, 0.3) is 0 Å². The van der Waals surface area contributed by atoms with E-state index in [1.165, 1.54) is 16.0 Å². The maximum absolute atomic E-state index is 5.71. The lowest BCUT2D eigenvalue weighted by atomic mass is 9.99. The van der Waals surface area contributed by atoms with Crippen molar-refractivity contribution in [2.75, 3.05) is 19.9 Å². The molecule has 1 rings (SSSR count). The first-order valence-corrected chi connectivity index (χ1v) is 6.29. The van der Waals surface area contributed by atoms with Crippen molar-refractivity contribution in [1.29, 1.82) is 0 Å². The fourth-order valence-electron chi connectivity index (χ4n) is 1.59. The summed E-state index contributed by atoms with van der Waals surface area (Å²) in [5.74, 6) is 1.32. The number of rotatable bonds is 4. The average molecular weight is 225 g/mol. The minimum absolute atomic E-state index is 0.377. The molecule has 0 bridgehead atoms. The number of benzene rings is 1. The summed E-state index contributed by atoms with van der Waals surface area (Å²) >= 11 is 1.76. The van der Waals surface area contributed by atoms with Gasteiger partial charge in [0.05, 0.1) is 7.11 Å². The molecule has 0 heterocycles. The molecule has 1 aromatic rings. The van der Waals surface area contributed by atoms with Gasteiger partial charge in [-0.05, 0) is 48.9 Å². The molecular weight excluding hydrogens is 206 g/mol. The SMILES string of the molecule is COc1cc(C(C)CN)c(SC)cc1C. The summed E-state index contributed by atoms with van der Waals surface area (Å²) in [4.78, 5) is 1.30. The normalized spacial score (nSPS) is 12.6. The van der Waals surface area contributed by atoms with Crippen LogP contribution in [0.15, 0.2) is 17.0 Å². The molecule has 84 valence electrons. The molecule has 3 heteroatoms. The molecule has 0 fully saturated rings. The number of thioether (sulfide) groups is 1. The van der Waals surface area contributed by atoms with Crippen LogP contribution in [0, 0.1) is 6.92 Å². The Morgan fingerprint density at radius 1 is 1.47 bits per heavy atom. The van der Waals surface area contributed by atoms with Crippen LogP contribution in [0.5, 0.6) is 5.75 Å². The van der Waals surface area contributed by atoms with Gasteiger partial charge < -0.3 is 10.5 Å². The molecule has 0 saturated heterocycles. The first kappa shape index (κ1) is 12.4. The zero-order valence-corrected chi connectivity index (χ0v) is 10.6. The first-order valence-electron chi connectivity index (χ1n) is 5.06. The Kier molecular flexibility index (Phi) is 4.48. The molecule has 1 unspecified atom stereocenters. The molecule has 1 aromatic carbocycles. The van der Waals surface area contributed by atoms with Crippen molar-refractivity contribution in [2.24, 2.45) is 5.73 Å². The second kappa shape index (κ2) is 5.42. The molecule has 1 atom stereocenters. The maximum atomic E-state index is 5.71. The van der Waals surface area contributed by atoms with E-state index in [0.29, 0.717) is 12.5 Å². The molecule has 2 N–H and O–H groups in total. The van der Waals surface area contributed by atoms with Crippen LogP contribution in [0.2, 0.25) is 0 Å². The average Bonchev–Trinajstić information content (AvgIpc) is 2.27. The van der Waals surface area contributed by atoms with Gasteiger partial charge in [-0.2, -0.15) is 0 Å². The summed E-state index contributed by atoms with van der Waals surface area (Å²) < 4.78 is 5.33. The van der Waals surface area contributed by atoms with Crippen LogP contribution in [0.25, 0.3) is 0 Å². The van der Waals surface area contributed by atoms with E-state index in [0.717, 1.165) is 5.75 Å². The highest BCUT2D eigenvalue weighted by Crippen LogP contribution is 2.32. The van der Waals surface area contributed by atoms with E-state index < -0.39 is 0 Å². The van der Waals surface area contributed by atoms with E-state index in [9.17, 15) is 0 Å². The molecule has 2 nitrogen and oxygen atoms in total. The van der Waals surface area contributed by atoms with Crippen LogP contribution in [0.3, 0.4) is 0 Å². The molecule has 15 heavy (non-hydrogen) atoms. The predicted octanol–water partition coefficient (Wildman–Crippen LogP) is 2.79. The van der Waals surface area contributed by atoms with Gasteiger partial charge in [0, 0.05) is 4.90 Å². The van der Waals surface area contributed by atoms with Gasteiger partial charge in [-0.3, -0.25) is 0 Å². The van der Waals surface area contributed by atoms with Crippen molar-refractivity contribution < 1.29 is 4.74 Å². The van der Waals surface area contributed by atoms with Gasteiger partial charge >= 0.3 is 0 Å². The van der Waals surface area contributed by atoms with Gasteiger partial charge in [0.15, 0.2) is 0 Å². The smallest absolute Gasteiger partial charge is 0.122 e. The van der Waals surface area contributed by atoms with E-state index in [2.05, 4.69) is 32.2 Å². The summed E-state index contributed by atoms with van der Waals surface area (Å²) in [5.41, 5.74) is 8.17. The van der Waals surface area contributed by atoms with Crippen LogP contribution >= 0.6 is 11.8 Å². The van der Waals surface area contributed by atoms with Crippen molar-refractivity contribution in [2.45, 2.75) is 24.7 Å². The Bertz CT molecular complexity index is 339. The topological polar surface area (TPSA) is 35.2 Å². The zero-order valence-electron chi connectivity index (χ0n) is 9.83. The lowest BCUT2D eigenvalue weighted by Crippen LogP contribution is -2.10. The summed E-state index contributed by atoms with van der Waals surface area (Å²) in [6, 6.07) is 4.28. The van der Waals surface area contributed by atoms with Gasteiger partial charge in [-0.25, -0.2) is 0 Å². The minimum Gasteiger partial charge on any atom is -0.496 e. The van der Waals surface area contributed by atoms with Gasteiger partial charge in [0.2, 0.25) is 0 Å². The van der Waals surface area contributed by atoms with E-state index >= 15 is 0 Å². The monoisotopic (exact) mass is 225 g/mol. The van der Waals surface area contributed by atoms with Crippen LogP contribution in [-0.2, 0) is 0 Å². The zero-order chi connectivity index (χ0) is 11.4. The largest absolute Gasteiger partial charge is 0.496 e. The molecule has 0 amide bonds. The fraction of sp³-hybridized carbons (Fsp3) is 0.500. The summed E-state index contributed by atoms with van der Waals surface area (Å²) in [6.07, 6.45) is 2.09. The third-order valence-corrected chi connectivity index (χ3v) is 3.43. The molecule has 0 radical (unpaired) electrons. The standard InChI is InChI=1S/C12H19NOS/c1-8-5-12(15-4)10(9(2)7-13)6-11(8)14-3/h5-6,9H,7,13H2,1-4H3. The van der Waals surface area contributed by atoms with E-state index in [4.69, 9.17) is 10.5 Å². The number of ether oxygens (including phenoxy) is 1. The number of methoxy groups -OCH3 is 1. The van der Waals surface area contributed by atoms with Crippen molar-refractivity contribution in [1.82, 2.24) is 0 Å². The highest BCUT2D eigenvalue weighted by Gasteiger charge is 2.12. The van der Waals surface area contributed by atoms with Gasteiger partial charge in [0.1, 0.15) is 5.75 Å². The Morgan fingerprint density at radius 2 is 2.13 bits per heavy atom. The summed E-state index contributed by atoms with van der Waals surface area (Å²) in [5, 5.41) is 0. The highest BCUT2D eigenvalue weighted by molar-refractivity contribution is 7.98. The van der Waals surface area contributed by atoms with Crippen LogP contribution in [0.1, 0.15) is 24.0 Å². The Balaban J connectivity index is 3.22. The third-order valence-electron chi connectivity index (χ3n) is 2.63. The number of hydrogen-bond donors (Lipinski definition) is 1. The molecule has 0 aromatic heterocycles. The van der Waals surface area contributed by atoms with Crippen molar-refractivity contribution >= 4 is 11.8 Å². The second-order valence-electron chi connectivity index (χ2n) is 3.70. The Labute approximate surface area is 96.2 Å².